The fourth-order valence-corrected chi connectivity index (χ4v) is 3.48. The number of aromatic nitrogens is 2. The Labute approximate surface area is 181 Å². The van der Waals surface area contributed by atoms with Gasteiger partial charge in [-0.2, -0.15) is 0 Å². The number of amides is 1. The highest BCUT2D eigenvalue weighted by molar-refractivity contribution is 5.97. The first kappa shape index (κ1) is 22.2. The van der Waals surface area contributed by atoms with Crippen LogP contribution in [0, 0.1) is 6.92 Å². The van der Waals surface area contributed by atoms with E-state index in [1.165, 1.54) is 0 Å². The monoisotopic (exact) mass is 421 g/mol. The van der Waals surface area contributed by atoms with Gasteiger partial charge in [-0.1, -0.05) is 32.0 Å². The van der Waals surface area contributed by atoms with Crippen LogP contribution >= 0.6 is 0 Å². The highest BCUT2D eigenvalue weighted by atomic mass is 16.5. The third kappa shape index (κ3) is 4.82. The molecule has 0 radical (unpaired) electrons. The summed E-state index contributed by atoms with van der Waals surface area (Å²) in [6.45, 7) is 7.80. The minimum absolute atomic E-state index is 0.153. The van der Waals surface area contributed by atoms with Gasteiger partial charge < -0.3 is 14.6 Å². The van der Waals surface area contributed by atoms with Crippen LogP contribution in [0.15, 0.2) is 47.3 Å². The number of nitrogens with zero attached hydrogens (tertiary/aromatic N) is 2. The second-order valence-corrected chi connectivity index (χ2v) is 7.47. The molecule has 0 saturated carbocycles. The van der Waals surface area contributed by atoms with E-state index in [1.807, 2.05) is 31.2 Å². The zero-order valence-corrected chi connectivity index (χ0v) is 18.3. The predicted molar refractivity (Wildman–Crippen MR) is 120 cm³/mol. The van der Waals surface area contributed by atoms with Gasteiger partial charge >= 0.3 is 5.97 Å². The lowest BCUT2D eigenvalue weighted by Crippen LogP contribution is -2.24. The fourth-order valence-electron chi connectivity index (χ4n) is 3.48. The Kier molecular flexibility index (Phi) is 6.84. The van der Waals surface area contributed by atoms with E-state index in [4.69, 9.17) is 4.74 Å². The van der Waals surface area contributed by atoms with Crippen molar-refractivity contribution in [2.75, 3.05) is 11.9 Å². The predicted octanol–water partition coefficient (Wildman–Crippen LogP) is 4.03. The van der Waals surface area contributed by atoms with Crippen molar-refractivity contribution in [1.82, 2.24) is 9.55 Å². The van der Waals surface area contributed by atoms with E-state index >= 15 is 0 Å². The van der Waals surface area contributed by atoms with E-state index in [0.717, 1.165) is 17.7 Å². The molecular weight excluding hydrogens is 394 g/mol. The quantitative estimate of drug-likeness (QED) is 0.582. The Balaban J connectivity index is 1.71. The first-order valence-corrected chi connectivity index (χ1v) is 10.4. The number of carbonyl (C=O) groups excluding carboxylic acids is 2. The van der Waals surface area contributed by atoms with E-state index < -0.39 is 18.5 Å². The zero-order valence-electron chi connectivity index (χ0n) is 18.3. The summed E-state index contributed by atoms with van der Waals surface area (Å²) in [5.41, 5.74) is 3.42. The van der Waals surface area contributed by atoms with Crippen molar-refractivity contribution >= 4 is 28.6 Å². The number of aryl methyl sites for hydroxylation is 2. The molecule has 1 atom stereocenters. The van der Waals surface area contributed by atoms with Crippen LogP contribution in [0.3, 0.4) is 0 Å². The van der Waals surface area contributed by atoms with Crippen molar-refractivity contribution in [3.05, 3.63) is 69.6 Å². The molecule has 162 valence electrons. The lowest BCUT2D eigenvalue weighted by molar-refractivity contribution is -0.119. The average Bonchev–Trinajstić information content (AvgIpc) is 2.78. The first-order chi connectivity index (χ1) is 14.8. The molecule has 0 aliphatic rings. The van der Waals surface area contributed by atoms with Gasteiger partial charge in [0.05, 0.1) is 16.6 Å². The molecule has 2 aromatic carbocycles. The maximum absolute atomic E-state index is 12.5. The van der Waals surface area contributed by atoms with Gasteiger partial charge in [-0.15, -0.1) is 0 Å². The number of fused-ring (bicyclic) bond motifs is 1. The number of hydrogen-bond acceptors (Lipinski definition) is 5. The number of hydrogen-bond donors (Lipinski definition) is 1. The summed E-state index contributed by atoms with van der Waals surface area (Å²) >= 11 is 0. The van der Waals surface area contributed by atoms with Gasteiger partial charge in [0, 0.05) is 12.2 Å². The minimum Gasteiger partial charge on any atom is -0.452 e. The Morgan fingerprint density at radius 2 is 1.90 bits per heavy atom. The number of esters is 1. The van der Waals surface area contributed by atoms with Crippen LogP contribution in [-0.4, -0.2) is 28.0 Å². The van der Waals surface area contributed by atoms with Crippen molar-refractivity contribution in [1.29, 1.82) is 0 Å². The molecule has 31 heavy (non-hydrogen) atoms. The zero-order chi connectivity index (χ0) is 22.5. The summed E-state index contributed by atoms with van der Waals surface area (Å²) in [5.74, 6) is -0.729. The molecule has 1 aromatic heterocycles. The fraction of sp³-hybridized carbons (Fsp3) is 0.333. The smallest absolute Gasteiger partial charge is 0.338 e. The van der Waals surface area contributed by atoms with Crippen LogP contribution < -0.4 is 10.9 Å². The number of rotatable bonds is 7. The van der Waals surface area contributed by atoms with Crippen LogP contribution in [0.2, 0.25) is 0 Å². The SMILES string of the molecule is CC[C@H](C)c1ccccc1NC(=O)COC(=O)c1ccc2c(c1)nc(C)c(=O)n2CC. The molecule has 0 fully saturated rings. The van der Waals surface area contributed by atoms with E-state index in [0.29, 0.717) is 29.2 Å². The second kappa shape index (κ2) is 9.55. The van der Waals surface area contributed by atoms with Crippen molar-refractivity contribution in [2.24, 2.45) is 0 Å². The first-order valence-electron chi connectivity index (χ1n) is 10.4. The molecule has 0 aliphatic heterocycles. The number of anilines is 1. The highest BCUT2D eigenvalue weighted by Gasteiger charge is 2.15. The van der Waals surface area contributed by atoms with Gasteiger partial charge in [-0.05, 0) is 56.0 Å². The van der Waals surface area contributed by atoms with Gasteiger partial charge in [0.2, 0.25) is 0 Å². The van der Waals surface area contributed by atoms with E-state index in [9.17, 15) is 14.4 Å². The summed E-state index contributed by atoms with van der Waals surface area (Å²) in [5, 5.41) is 2.82. The minimum atomic E-state index is -0.624. The molecule has 0 unspecified atom stereocenters. The summed E-state index contributed by atoms with van der Waals surface area (Å²) in [6.07, 6.45) is 0.948. The molecular formula is C24H27N3O4. The maximum atomic E-state index is 12.5. The van der Waals surface area contributed by atoms with Crippen LogP contribution in [0.4, 0.5) is 5.69 Å². The molecule has 3 aromatic rings. The van der Waals surface area contributed by atoms with Gasteiger partial charge in [-0.3, -0.25) is 9.59 Å². The van der Waals surface area contributed by atoms with Crippen LogP contribution in [-0.2, 0) is 16.1 Å². The van der Waals surface area contributed by atoms with Crippen molar-refractivity contribution in [3.8, 4) is 0 Å². The molecule has 0 aliphatic carbocycles. The number of benzene rings is 2. The molecule has 1 N–H and O–H groups in total. The van der Waals surface area contributed by atoms with Gasteiger partial charge in [0.1, 0.15) is 5.69 Å². The number of ether oxygens (including phenoxy) is 1. The summed E-state index contributed by atoms with van der Waals surface area (Å²) in [6, 6.07) is 12.4. The van der Waals surface area contributed by atoms with Crippen molar-refractivity contribution < 1.29 is 14.3 Å². The molecule has 0 saturated heterocycles. The van der Waals surface area contributed by atoms with Crippen LogP contribution in [0.5, 0.6) is 0 Å². The molecule has 1 amide bonds. The number of nitrogens with one attached hydrogen (secondary N) is 1. The molecule has 7 heteroatoms. The summed E-state index contributed by atoms with van der Waals surface area (Å²) in [7, 11) is 0. The maximum Gasteiger partial charge on any atom is 0.338 e. The highest BCUT2D eigenvalue weighted by Crippen LogP contribution is 2.26. The van der Waals surface area contributed by atoms with E-state index in [2.05, 4.69) is 24.1 Å². The third-order valence-electron chi connectivity index (χ3n) is 5.37. The van der Waals surface area contributed by atoms with Crippen LogP contribution in [0.25, 0.3) is 11.0 Å². The molecule has 7 nitrogen and oxygen atoms in total. The molecule has 0 spiro atoms. The Morgan fingerprint density at radius 1 is 1.16 bits per heavy atom. The largest absolute Gasteiger partial charge is 0.452 e. The number of carbonyl (C=O) groups is 2. The van der Waals surface area contributed by atoms with Crippen molar-refractivity contribution in [3.63, 3.8) is 0 Å². The van der Waals surface area contributed by atoms with Crippen molar-refractivity contribution in [2.45, 2.75) is 46.6 Å². The van der Waals surface area contributed by atoms with Gasteiger partial charge in [0.15, 0.2) is 6.61 Å². The van der Waals surface area contributed by atoms with Crippen LogP contribution in [0.1, 0.15) is 54.7 Å². The molecule has 3 rings (SSSR count). The normalized spacial score (nSPS) is 11.9. The number of para-hydroxylation sites is 1. The Hall–Kier alpha value is -3.48. The van der Waals surface area contributed by atoms with Gasteiger partial charge in [0.25, 0.3) is 11.5 Å². The Bertz CT molecular complexity index is 1180. The lowest BCUT2D eigenvalue weighted by atomic mass is 9.97. The van der Waals surface area contributed by atoms with E-state index in [1.54, 1.807) is 29.7 Å². The molecule has 1 heterocycles. The standard InChI is InChI=1S/C24H27N3O4/c1-5-15(3)18-9-7-8-10-19(18)26-22(28)14-31-24(30)17-11-12-21-20(13-17)25-16(4)23(29)27(21)6-2/h7-13,15H,5-6,14H2,1-4H3,(H,26,28)/t15-/m0/s1. The summed E-state index contributed by atoms with van der Waals surface area (Å²) in [4.78, 5) is 41.3. The average molecular weight is 421 g/mol. The van der Waals surface area contributed by atoms with E-state index in [-0.39, 0.29) is 11.1 Å². The lowest BCUT2D eigenvalue weighted by Gasteiger charge is -2.15. The van der Waals surface area contributed by atoms with Gasteiger partial charge in [-0.25, -0.2) is 9.78 Å². The third-order valence-corrected chi connectivity index (χ3v) is 5.37. The second-order valence-electron chi connectivity index (χ2n) is 7.47. The summed E-state index contributed by atoms with van der Waals surface area (Å²) < 4.78 is 6.81. The Morgan fingerprint density at radius 3 is 2.61 bits per heavy atom. The topological polar surface area (TPSA) is 90.3 Å². The molecule has 0 bridgehead atoms.